The van der Waals surface area contributed by atoms with Gasteiger partial charge in [0, 0.05) is 37.3 Å². The summed E-state index contributed by atoms with van der Waals surface area (Å²) < 4.78 is 11.9. The summed E-state index contributed by atoms with van der Waals surface area (Å²) in [5.74, 6) is 0.906. The van der Waals surface area contributed by atoms with Crippen molar-refractivity contribution in [3.05, 3.63) is 77.8 Å². The number of hydrogen-bond donors (Lipinski definition) is 1. The van der Waals surface area contributed by atoms with Crippen LogP contribution in [0.1, 0.15) is 35.5 Å². The van der Waals surface area contributed by atoms with Crippen LogP contribution in [0.2, 0.25) is 0 Å². The van der Waals surface area contributed by atoms with E-state index in [-0.39, 0.29) is 12.1 Å². The van der Waals surface area contributed by atoms with E-state index in [0.717, 1.165) is 72.4 Å². The van der Waals surface area contributed by atoms with Crippen LogP contribution in [0.15, 0.2) is 75.2 Å². The van der Waals surface area contributed by atoms with Crippen LogP contribution in [-0.2, 0) is 4.74 Å². The van der Waals surface area contributed by atoms with Gasteiger partial charge < -0.3 is 19.4 Å². The number of morpholine rings is 1. The molecule has 0 bridgehead atoms. The largest absolute Gasteiger partial charge is 0.452 e. The van der Waals surface area contributed by atoms with Gasteiger partial charge in [-0.3, -0.25) is 9.88 Å². The Morgan fingerprint density at radius 3 is 2.65 bits per heavy atom. The van der Waals surface area contributed by atoms with Crippen molar-refractivity contribution in [3.8, 4) is 0 Å². The van der Waals surface area contributed by atoms with Gasteiger partial charge in [-0.15, -0.1) is 0 Å². The molecular weight excluding hydrogens is 464 g/mol. The first-order chi connectivity index (χ1) is 16.7. The molecule has 2 aliphatic rings. The first-order valence-electron chi connectivity index (χ1n) is 11.8. The lowest BCUT2D eigenvalue weighted by Crippen LogP contribution is -2.38. The van der Waals surface area contributed by atoms with Crippen LogP contribution in [-0.4, -0.2) is 59.3 Å². The minimum Gasteiger partial charge on any atom is -0.452 e. The average Bonchev–Trinajstić information content (AvgIpc) is 3.46. The Bertz CT molecular complexity index is 1080. The number of nitrogens with one attached hydrogen (secondary N) is 1. The maximum absolute atomic E-state index is 6.40. The molecule has 2 aliphatic heterocycles. The normalized spacial score (nSPS) is 21.1. The molecule has 2 aromatic heterocycles. The Kier molecular flexibility index (Phi) is 7.49. The van der Waals surface area contributed by atoms with Crippen molar-refractivity contribution in [1.82, 2.24) is 20.1 Å². The third-order valence-corrected chi connectivity index (χ3v) is 7.59. The summed E-state index contributed by atoms with van der Waals surface area (Å²) in [5, 5.41) is 5.15. The summed E-state index contributed by atoms with van der Waals surface area (Å²) in [6.07, 6.45) is 2.86. The molecule has 0 amide bonds. The van der Waals surface area contributed by atoms with Crippen LogP contribution < -0.4 is 5.32 Å². The summed E-state index contributed by atoms with van der Waals surface area (Å²) in [7, 11) is 0. The summed E-state index contributed by atoms with van der Waals surface area (Å²) >= 11 is 7.43. The summed E-state index contributed by atoms with van der Waals surface area (Å²) in [6.45, 7) is 7.64. The molecule has 0 saturated carbocycles. The standard InChI is InChI=1S/C26H30N4O2S2/c1-19-6-8-20(9-7-19)34-23-11-10-22(32-23)25-24(21-5-2-3-12-27-21)28-26(33)30(25)14-4-13-29-15-17-31-18-16-29/h2-3,5-12,24-25H,4,13-18H2,1H3,(H,28,33)/t24-,25-/m0/s1. The van der Waals surface area contributed by atoms with Crippen LogP contribution in [0, 0.1) is 6.92 Å². The van der Waals surface area contributed by atoms with Gasteiger partial charge in [0.1, 0.15) is 11.8 Å². The highest BCUT2D eigenvalue weighted by Gasteiger charge is 2.41. The van der Waals surface area contributed by atoms with Crippen LogP contribution in [0.3, 0.4) is 0 Å². The van der Waals surface area contributed by atoms with E-state index < -0.39 is 0 Å². The topological polar surface area (TPSA) is 53.8 Å². The van der Waals surface area contributed by atoms with E-state index in [9.17, 15) is 0 Å². The Morgan fingerprint density at radius 2 is 1.88 bits per heavy atom. The van der Waals surface area contributed by atoms with E-state index in [1.807, 2.05) is 18.3 Å². The molecule has 178 valence electrons. The number of rotatable bonds is 8. The predicted octanol–water partition coefficient (Wildman–Crippen LogP) is 4.83. The van der Waals surface area contributed by atoms with Crippen molar-refractivity contribution in [2.45, 2.75) is 35.4 Å². The predicted molar refractivity (Wildman–Crippen MR) is 138 cm³/mol. The molecule has 4 heterocycles. The SMILES string of the molecule is Cc1ccc(Sc2ccc([C@H]3[C@H](c4ccccn4)NC(=S)N3CCCN3CCOCC3)o2)cc1. The monoisotopic (exact) mass is 494 g/mol. The van der Waals surface area contributed by atoms with Crippen molar-refractivity contribution < 1.29 is 9.15 Å². The maximum Gasteiger partial charge on any atom is 0.170 e. The third kappa shape index (κ3) is 5.46. The lowest BCUT2D eigenvalue weighted by atomic mass is 10.0. The highest BCUT2D eigenvalue weighted by atomic mass is 32.2. The van der Waals surface area contributed by atoms with Crippen molar-refractivity contribution in [2.24, 2.45) is 0 Å². The van der Waals surface area contributed by atoms with Crippen LogP contribution in [0.25, 0.3) is 0 Å². The minimum atomic E-state index is -0.0551. The molecule has 6 nitrogen and oxygen atoms in total. The van der Waals surface area contributed by atoms with Gasteiger partial charge in [0.15, 0.2) is 10.2 Å². The number of ether oxygens (including phenoxy) is 1. The maximum atomic E-state index is 6.40. The molecule has 0 aliphatic carbocycles. The number of hydrogen-bond acceptors (Lipinski definition) is 6. The Hall–Kier alpha value is -2.39. The first kappa shape index (κ1) is 23.4. The second-order valence-electron chi connectivity index (χ2n) is 8.70. The summed E-state index contributed by atoms with van der Waals surface area (Å²) in [5.41, 5.74) is 2.22. The fourth-order valence-corrected chi connectivity index (χ4v) is 5.63. The van der Waals surface area contributed by atoms with E-state index in [4.69, 9.17) is 21.4 Å². The zero-order valence-corrected chi connectivity index (χ0v) is 21.0. The molecule has 0 radical (unpaired) electrons. The highest BCUT2D eigenvalue weighted by Crippen LogP contribution is 2.41. The summed E-state index contributed by atoms with van der Waals surface area (Å²) in [4.78, 5) is 10.5. The quantitative estimate of drug-likeness (QED) is 0.447. The van der Waals surface area contributed by atoms with Gasteiger partial charge in [-0.25, -0.2) is 0 Å². The molecule has 1 aromatic carbocycles. The number of pyridine rings is 1. The molecule has 5 rings (SSSR count). The molecule has 2 atom stereocenters. The Morgan fingerprint density at radius 1 is 1.06 bits per heavy atom. The molecule has 2 fully saturated rings. The smallest absolute Gasteiger partial charge is 0.170 e. The molecule has 2 saturated heterocycles. The van der Waals surface area contributed by atoms with Crippen LogP contribution in [0.4, 0.5) is 0 Å². The first-order valence-corrected chi connectivity index (χ1v) is 13.0. The average molecular weight is 495 g/mol. The fourth-order valence-electron chi connectivity index (χ4n) is 4.52. The van der Waals surface area contributed by atoms with Crippen molar-refractivity contribution >= 4 is 29.1 Å². The van der Waals surface area contributed by atoms with Crippen LogP contribution >= 0.6 is 24.0 Å². The number of aryl methyl sites for hydroxylation is 1. The van der Waals surface area contributed by atoms with Gasteiger partial charge in [-0.1, -0.05) is 35.5 Å². The van der Waals surface area contributed by atoms with Gasteiger partial charge >= 0.3 is 0 Å². The van der Waals surface area contributed by atoms with Gasteiger partial charge in [0.2, 0.25) is 0 Å². The van der Waals surface area contributed by atoms with Gasteiger partial charge in [0.05, 0.1) is 24.9 Å². The molecule has 1 N–H and O–H groups in total. The third-order valence-electron chi connectivity index (χ3n) is 6.31. The fraction of sp³-hybridized carbons (Fsp3) is 0.385. The number of nitrogens with zero attached hydrogens (tertiary/aromatic N) is 3. The molecule has 8 heteroatoms. The second-order valence-corrected chi connectivity index (χ2v) is 10.2. The molecular formula is C26H30N4O2S2. The number of aromatic nitrogens is 1. The lowest BCUT2D eigenvalue weighted by Gasteiger charge is -2.29. The zero-order chi connectivity index (χ0) is 23.3. The van der Waals surface area contributed by atoms with Gasteiger partial charge in [-0.05, 0) is 62.0 Å². The Labute approximate surface area is 210 Å². The highest BCUT2D eigenvalue weighted by molar-refractivity contribution is 7.99. The molecule has 0 spiro atoms. The lowest BCUT2D eigenvalue weighted by molar-refractivity contribution is 0.0365. The molecule has 3 aromatic rings. The second kappa shape index (κ2) is 10.9. The van der Waals surface area contributed by atoms with E-state index >= 15 is 0 Å². The van der Waals surface area contributed by atoms with Gasteiger partial charge in [0.25, 0.3) is 0 Å². The van der Waals surface area contributed by atoms with Crippen molar-refractivity contribution in [1.29, 1.82) is 0 Å². The van der Waals surface area contributed by atoms with E-state index in [1.165, 1.54) is 5.56 Å². The minimum absolute atomic E-state index is 0.0422. The van der Waals surface area contributed by atoms with E-state index in [2.05, 4.69) is 69.5 Å². The number of furan rings is 1. The van der Waals surface area contributed by atoms with Gasteiger partial charge in [-0.2, -0.15) is 0 Å². The number of thiocarbonyl (C=S) groups is 1. The molecule has 34 heavy (non-hydrogen) atoms. The van der Waals surface area contributed by atoms with E-state index in [1.54, 1.807) is 11.8 Å². The zero-order valence-electron chi connectivity index (χ0n) is 19.4. The van der Waals surface area contributed by atoms with Crippen molar-refractivity contribution in [3.63, 3.8) is 0 Å². The summed E-state index contributed by atoms with van der Waals surface area (Å²) in [6, 6.07) is 18.6. The van der Waals surface area contributed by atoms with Crippen molar-refractivity contribution in [2.75, 3.05) is 39.4 Å². The molecule has 0 unspecified atom stereocenters. The number of benzene rings is 1. The Balaban J connectivity index is 1.35. The van der Waals surface area contributed by atoms with E-state index in [0.29, 0.717) is 0 Å². The van der Waals surface area contributed by atoms with Crippen LogP contribution in [0.5, 0.6) is 0 Å².